The van der Waals surface area contributed by atoms with Gasteiger partial charge in [0.2, 0.25) is 0 Å². The maximum absolute atomic E-state index is 5.42. The van der Waals surface area contributed by atoms with Crippen molar-refractivity contribution in [1.29, 1.82) is 0 Å². The van der Waals surface area contributed by atoms with Crippen LogP contribution in [0.2, 0.25) is 0 Å². The van der Waals surface area contributed by atoms with E-state index in [2.05, 4.69) is 153 Å². The second-order valence-corrected chi connectivity index (χ2v) is 13.5. The van der Waals surface area contributed by atoms with E-state index in [1.165, 1.54) is 82.6 Å². The molecule has 2 nitrogen and oxygen atoms in total. The van der Waals surface area contributed by atoms with Crippen molar-refractivity contribution in [3.63, 3.8) is 0 Å². The highest BCUT2D eigenvalue weighted by molar-refractivity contribution is 6.01. The van der Waals surface area contributed by atoms with Crippen molar-refractivity contribution in [3.8, 4) is 23.7 Å². The van der Waals surface area contributed by atoms with Gasteiger partial charge in [0.1, 0.15) is 5.65 Å². The lowest BCUT2D eigenvalue weighted by atomic mass is 9.93. The fraction of sp³-hybridized carbons (Fsp3) is 0.255. The maximum atomic E-state index is 5.42. The van der Waals surface area contributed by atoms with Crippen molar-refractivity contribution in [2.75, 3.05) is 0 Å². The van der Waals surface area contributed by atoms with Gasteiger partial charge in [-0.05, 0) is 123 Å². The van der Waals surface area contributed by atoms with Crippen LogP contribution in [0.5, 0.6) is 0 Å². The summed E-state index contributed by atoms with van der Waals surface area (Å²) in [4.78, 5) is 5.42. The quantitative estimate of drug-likeness (QED) is 0.0921. The monoisotopic (exact) mass is 636 g/mol. The summed E-state index contributed by atoms with van der Waals surface area (Å²) in [6, 6.07) is 34.7. The summed E-state index contributed by atoms with van der Waals surface area (Å²) in [6.45, 7) is 8.79. The molecule has 0 N–H and O–H groups in total. The molecule has 0 spiro atoms. The molecular formula is C47H44N2. The molecule has 0 fully saturated rings. The van der Waals surface area contributed by atoms with Crippen molar-refractivity contribution in [2.45, 2.75) is 79.1 Å². The van der Waals surface area contributed by atoms with Gasteiger partial charge in [0, 0.05) is 38.4 Å². The maximum Gasteiger partial charge on any atom is 0.145 e. The number of aryl methyl sites for hydroxylation is 4. The minimum absolute atomic E-state index is 0.996. The Bertz CT molecular complexity index is 2420. The Balaban J connectivity index is 1.41. The van der Waals surface area contributed by atoms with Crippen LogP contribution >= 0.6 is 0 Å². The first kappa shape index (κ1) is 32.2. The van der Waals surface area contributed by atoms with E-state index >= 15 is 0 Å². The summed E-state index contributed by atoms with van der Waals surface area (Å²) in [6.07, 6.45) is 9.39. The highest BCUT2D eigenvalue weighted by Crippen LogP contribution is 2.35. The number of aromatic nitrogens is 2. The zero-order valence-corrected chi connectivity index (χ0v) is 29.3. The molecule has 4 aromatic carbocycles. The molecule has 0 aliphatic carbocycles. The lowest BCUT2D eigenvalue weighted by molar-refractivity contribution is 0.696. The second-order valence-electron chi connectivity index (χ2n) is 13.5. The molecule has 0 atom stereocenters. The summed E-state index contributed by atoms with van der Waals surface area (Å²) in [5, 5.41) is 3.62. The average molecular weight is 637 g/mol. The Labute approximate surface area is 291 Å². The Morgan fingerprint density at radius 3 is 1.65 bits per heavy atom. The number of pyridine rings is 2. The molecule has 7 aromatic rings. The van der Waals surface area contributed by atoms with E-state index in [0.717, 1.165) is 51.6 Å². The molecule has 7 rings (SSSR count). The summed E-state index contributed by atoms with van der Waals surface area (Å²) >= 11 is 0. The third kappa shape index (κ3) is 6.97. The van der Waals surface area contributed by atoms with Crippen LogP contribution < -0.4 is 0 Å². The Kier molecular flexibility index (Phi) is 9.50. The molecule has 3 heterocycles. The van der Waals surface area contributed by atoms with Crippen molar-refractivity contribution in [3.05, 3.63) is 142 Å². The van der Waals surface area contributed by atoms with E-state index < -0.39 is 0 Å². The van der Waals surface area contributed by atoms with Gasteiger partial charge in [-0.3, -0.25) is 4.40 Å². The van der Waals surface area contributed by atoms with E-state index in [9.17, 15) is 0 Å². The molecule has 0 bridgehead atoms. The number of hydrogen-bond donors (Lipinski definition) is 0. The predicted molar refractivity (Wildman–Crippen MR) is 208 cm³/mol. The first-order chi connectivity index (χ1) is 24.0. The zero-order valence-electron chi connectivity index (χ0n) is 29.3. The van der Waals surface area contributed by atoms with E-state index in [0.29, 0.717) is 0 Å². The highest BCUT2D eigenvalue weighted by Gasteiger charge is 2.19. The first-order valence-electron chi connectivity index (χ1n) is 18.0. The van der Waals surface area contributed by atoms with Crippen LogP contribution in [-0.2, 0) is 12.8 Å². The third-order valence-electron chi connectivity index (χ3n) is 9.67. The minimum Gasteiger partial charge on any atom is -0.294 e. The van der Waals surface area contributed by atoms with E-state index in [4.69, 9.17) is 4.98 Å². The van der Waals surface area contributed by atoms with Crippen LogP contribution in [0.15, 0.2) is 97.1 Å². The summed E-state index contributed by atoms with van der Waals surface area (Å²) in [5.41, 5.74) is 14.1. The molecule has 0 unspecified atom stereocenters. The molecular weight excluding hydrogens is 593 g/mol. The van der Waals surface area contributed by atoms with E-state index in [1.807, 2.05) is 0 Å². The number of rotatable bonds is 8. The van der Waals surface area contributed by atoms with E-state index in [1.54, 1.807) is 0 Å². The van der Waals surface area contributed by atoms with Gasteiger partial charge in [-0.15, -0.1) is 0 Å². The molecule has 0 saturated heterocycles. The number of nitrogens with zero attached hydrogens (tertiary/aromatic N) is 2. The topological polar surface area (TPSA) is 17.3 Å². The molecule has 0 amide bonds. The van der Waals surface area contributed by atoms with Crippen molar-refractivity contribution >= 4 is 38.4 Å². The molecule has 0 aliphatic rings. The fourth-order valence-corrected chi connectivity index (χ4v) is 6.93. The van der Waals surface area contributed by atoms with Gasteiger partial charge in [0.05, 0.1) is 16.6 Å². The van der Waals surface area contributed by atoms with Crippen LogP contribution in [-0.4, -0.2) is 9.38 Å². The SMILES string of the molecule is CCCCCc1c(CCCCC)c2cc3cc(C#Cc4ccc(C)cc4)ccc3n2c2nc3ccc(C#Cc4ccc(C)cc4)cc3cc12. The van der Waals surface area contributed by atoms with E-state index in [-0.39, 0.29) is 0 Å². The number of hydrogen-bond acceptors (Lipinski definition) is 1. The molecule has 0 saturated carbocycles. The first-order valence-corrected chi connectivity index (χ1v) is 18.0. The van der Waals surface area contributed by atoms with Crippen molar-refractivity contribution in [1.82, 2.24) is 9.38 Å². The smallest absolute Gasteiger partial charge is 0.145 e. The Morgan fingerprint density at radius 2 is 1.04 bits per heavy atom. The van der Waals surface area contributed by atoms with Crippen LogP contribution in [0.25, 0.3) is 38.4 Å². The van der Waals surface area contributed by atoms with Gasteiger partial charge in [-0.25, -0.2) is 4.98 Å². The number of fused-ring (bicyclic) bond motifs is 6. The van der Waals surface area contributed by atoms with Gasteiger partial charge in [0.15, 0.2) is 0 Å². The summed E-state index contributed by atoms with van der Waals surface area (Å²) in [7, 11) is 0. The molecule has 3 aromatic heterocycles. The van der Waals surface area contributed by atoms with Crippen LogP contribution in [0.3, 0.4) is 0 Å². The normalized spacial score (nSPS) is 11.2. The van der Waals surface area contributed by atoms with Crippen LogP contribution in [0, 0.1) is 37.5 Å². The average Bonchev–Trinajstić information content (AvgIpc) is 3.50. The lowest BCUT2D eigenvalue weighted by Crippen LogP contribution is -2.04. The summed E-state index contributed by atoms with van der Waals surface area (Å²) < 4.78 is 2.43. The standard InChI is InChI=1S/C47H44N2/c1-5-7-9-11-41-42(12-10-8-6-2)46-32-40-30-38(24-22-36-19-15-34(4)16-20-36)26-28-45(40)49(46)47-43(41)31-39-29-37(25-27-44(39)48-47)23-21-35-17-13-33(3)14-18-35/h13-20,25-32H,5-12H2,1-4H3. The third-order valence-corrected chi connectivity index (χ3v) is 9.67. The zero-order chi connectivity index (χ0) is 33.7. The number of benzene rings is 4. The van der Waals surface area contributed by atoms with Gasteiger partial charge in [0.25, 0.3) is 0 Å². The van der Waals surface area contributed by atoms with Gasteiger partial charge < -0.3 is 0 Å². The largest absolute Gasteiger partial charge is 0.294 e. The van der Waals surface area contributed by atoms with Gasteiger partial charge in [-0.2, -0.15) is 0 Å². The van der Waals surface area contributed by atoms with Crippen molar-refractivity contribution < 1.29 is 0 Å². The summed E-state index contributed by atoms with van der Waals surface area (Å²) in [5.74, 6) is 13.6. The predicted octanol–water partition coefficient (Wildman–Crippen LogP) is 11.7. The molecule has 49 heavy (non-hydrogen) atoms. The van der Waals surface area contributed by atoms with Gasteiger partial charge in [-0.1, -0.05) is 98.6 Å². The molecule has 2 heteroatoms. The Hall–Kier alpha value is -5.31. The number of unbranched alkanes of at least 4 members (excludes halogenated alkanes) is 4. The van der Waals surface area contributed by atoms with Crippen LogP contribution in [0.4, 0.5) is 0 Å². The van der Waals surface area contributed by atoms with Gasteiger partial charge >= 0.3 is 0 Å². The molecule has 0 aliphatic heterocycles. The minimum atomic E-state index is 0.996. The lowest BCUT2D eigenvalue weighted by Gasteiger charge is -2.18. The van der Waals surface area contributed by atoms with Crippen molar-refractivity contribution in [2.24, 2.45) is 0 Å². The second kappa shape index (κ2) is 14.4. The van der Waals surface area contributed by atoms with Crippen LogP contribution in [0.1, 0.15) is 96.9 Å². The Morgan fingerprint density at radius 1 is 0.510 bits per heavy atom. The molecule has 0 radical (unpaired) electrons. The molecule has 242 valence electrons. The fourth-order valence-electron chi connectivity index (χ4n) is 6.93. The highest BCUT2D eigenvalue weighted by atomic mass is 15.0.